The van der Waals surface area contributed by atoms with Gasteiger partial charge >= 0.3 is 0 Å². The molecule has 5 rings (SSSR count). The average molecular weight is 548 g/mol. The van der Waals surface area contributed by atoms with E-state index in [1.165, 1.54) is 0 Å². The number of aryl methyl sites for hydroxylation is 1. The van der Waals surface area contributed by atoms with Crippen LogP contribution in [-0.2, 0) is 6.54 Å². The number of aromatic nitrogens is 3. The minimum absolute atomic E-state index is 0.136. The second-order valence-electron chi connectivity index (χ2n) is 9.07. The number of ether oxygens (including phenoxy) is 1. The van der Waals surface area contributed by atoms with E-state index in [-0.39, 0.29) is 6.04 Å². The molecule has 3 heterocycles. The Morgan fingerprint density at radius 1 is 1.19 bits per heavy atom. The van der Waals surface area contributed by atoms with Gasteiger partial charge in [0.05, 0.1) is 26.8 Å². The maximum atomic E-state index is 10.6. The first-order valence-electron chi connectivity index (χ1n) is 11.7. The zero-order valence-corrected chi connectivity index (χ0v) is 22.5. The van der Waals surface area contributed by atoms with Gasteiger partial charge in [0.15, 0.2) is 6.23 Å². The third kappa shape index (κ3) is 5.51. The average Bonchev–Trinajstić information content (AvgIpc) is 3.43. The Morgan fingerprint density at radius 3 is 2.78 bits per heavy atom. The van der Waals surface area contributed by atoms with Gasteiger partial charge in [0.2, 0.25) is 11.7 Å². The van der Waals surface area contributed by atoms with Crippen LogP contribution in [0, 0.1) is 6.92 Å². The Morgan fingerprint density at radius 2 is 2.03 bits per heavy atom. The van der Waals surface area contributed by atoms with E-state index in [4.69, 9.17) is 32.5 Å². The molecular formula is C25H27Cl2N5O3S. The molecule has 0 radical (unpaired) electrons. The van der Waals surface area contributed by atoms with Crippen LogP contribution in [0.5, 0.6) is 5.75 Å². The number of nitrogens with zero attached hydrogens (tertiary/aromatic N) is 5. The first kappa shape index (κ1) is 25.4. The zero-order chi connectivity index (χ0) is 25.4. The predicted octanol–water partition coefficient (Wildman–Crippen LogP) is 5.25. The van der Waals surface area contributed by atoms with Crippen LogP contribution in [0.3, 0.4) is 0 Å². The van der Waals surface area contributed by atoms with Gasteiger partial charge in [-0.05, 0) is 51.1 Å². The number of piperazine rings is 1. The van der Waals surface area contributed by atoms with Crippen molar-refractivity contribution >= 4 is 44.8 Å². The summed E-state index contributed by atoms with van der Waals surface area (Å²) < 4.78 is 12.9. The lowest BCUT2D eigenvalue weighted by Gasteiger charge is -2.44. The molecule has 11 heteroatoms. The number of hydrogen-bond donors (Lipinski definition) is 1. The molecule has 1 unspecified atom stereocenters. The minimum Gasteiger partial charge on any atom is -0.472 e. The fourth-order valence-electron chi connectivity index (χ4n) is 4.54. The van der Waals surface area contributed by atoms with Crippen molar-refractivity contribution in [3.8, 4) is 17.1 Å². The molecule has 36 heavy (non-hydrogen) atoms. The van der Waals surface area contributed by atoms with E-state index in [0.717, 1.165) is 34.9 Å². The third-order valence-corrected chi connectivity index (χ3v) is 7.72. The van der Waals surface area contributed by atoms with E-state index in [2.05, 4.69) is 31.8 Å². The van der Waals surface area contributed by atoms with Crippen molar-refractivity contribution in [3.63, 3.8) is 0 Å². The molecule has 8 nitrogen and oxygen atoms in total. The van der Waals surface area contributed by atoms with Gasteiger partial charge in [0.25, 0.3) is 0 Å². The van der Waals surface area contributed by atoms with Crippen molar-refractivity contribution in [1.82, 2.24) is 24.9 Å². The molecule has 1 aliphatic rings. The largest absolute Gasteiger partial charge is 0.472 e. The molecule has 0 amide bonds. The quantitative estimate of drug-likeness (QED) is 0.335. The van der Waals surface area contributed by atoms with Crippen LogP contribution in [0.2, 0.25) is 10.0 Å². The molecule has 4 aromatic rings. The number of hydrogen-bond acceptors (Lipinski definition) is 9. The standard InChI is InChI=1S/C25H27Cl2N5O3S/c1-14-12-31(13-23-29-24(30-35-23)19-6-4-17(26)10-20(19)27)8-9-32(14)25(15(2)33)34-18-5-7-22-21(11-18)28-16(3)36-22/h4-7,10-11,14-15,25,33H,8-9,12-13H2,1-3H3/t14-,15+,25?/m0/s1. The Kier molecular flexibility index (Phi) is 7.48. The summed E-state index contributed by atoms with van der Waals surface area (Å²) in [6, 6.07) is 11.2. The van der Waals surface area contributed by atoms with Crippen LogP contribution in [0.15, 0.2) is 40.9 Å². The smallest absolute Gasteiger partial charge is 0.241 e. The Hall–Kier alpha value is -2.27. The zero-order valence-electron chi connectivity index (χ0n) is 20.2. The number of rotatable bonds is 7. The van der Waals surface area contributed by atoms with Crippen LogP contribution < -0.4 is 4.74 Å². The summed E-state index contributed by atoms with van der Waals surface area (Å²) >= 11 is 13.9. The van der Waals surface area contributed by atoms with Gasteiger partial charge in [-0.1, -0.05) is 28.4 Å². The highest BCUT2D eigenvalue weighted by molar-refractivity contribution is 7.18. The second-order valence-corrected chi connectivity index (χ2v) is 11.1. The molecule has 0 aliphatic carbocycles. The van der Waals surface area contributed by atoms with E-state index in [1.54, 1.807) is 36.5 Å². The number of benzene rings is 2. The molecule has 1 saturated heterocycles. The van der Waals surface area contributed by atoms with Crippen molar-refractivity contribution < 1.29 is 14.4 Å². The van der Waals surface area contributed by atoms with Crippen LogP contribution in [0.1, 0.15) is 24.7 Å². The van der Waals surface area contributed by atoms with Gasteiger partial charge in [0.1, 0.15) is 11.9 Å². The van der Waals surface area contributed by atoms with Crippen molar-refractivity contribution in [2.45, 2.75) is 45.7 Å². The number of thiazole rings is 1. The van der Waals surface area contributed by atoms with E-state index >= 15 is 0 Å². The molecule has 190 valence electrons. The molecule has 0 bridgehead atoms. The van der Waals surface area contributed by atoms with Crippen LogP contribution in [0.4, 0.5) is 0 Å². The maximum absolute atomic E-state index is 10.6. The summed E-state index contributed by atoms with van der Waals surface area (Å²) in [5.74, 6) is 1.66. The predicted molar refractivity (Wildman–Crippen MR) is 142 cm³/mol. The molecular weight excluding hydrogens is 521 g/mol. The van der Waals surface area contributed by atoms with Gasteiger partial charge in [-0.25, -0.2) is 4.98 Å². The highest BCUT2D eigenvalue weighted by Crippen LogP contribution is 2.30. The number of aliphatic hydroxyl groups excluding tert-OH is 1. The lowest BCUT2D eigenvalue weighted by molar-refractivity contribution is -0.0964. The highest BCUT2D eigenvalue weighted by Gasteiger charge is 2.34. The minimum atomic E-state index is -0.672. The lowest BCUT2D eigenvalue weighted by atomic mass is 10.1. The normalized spacial score (nSPS) is 19.0. The second kappa shape index (κ2) is 10.6. The molecule has 2 aromatic carbocycles. The monoisotopic (exact) mass is 547 g/mol. The van der Waals surface area contributed by atoms with Gasteiger partial charge < -0.3 is 14.4 Å². The lowest BCUT2D eigenvalue weighted by Crippen LogP contribution is -2.59. The van der Waals surface area contributed by atoms with Crippen molar-refractivity contribution in [2.75, 3.05) is 19.6 Å². The molecule has 1 fully saturated rings. The van der Waals surface area contributed by atoms with Crippen LogP contribution >= 0.6 is 34.5 Å². The number of fused-ring (bicyclic) bond motifs is 1. The SMILES string of the molecule is Cc1nc2cc(OC([C@@H](C)O)N3CCN(Cc4nc(-c5ccc(Cl)cc5Cl)no4)C[C@@H]3C)ccc2s1. The molecule has 1 N–H and O–H groups in total. The Bertz CT molecular complexity index is 1360. The Labute approximate surface area is 223 Å². The van der Waals surface area contributed by atoms with Crippen LogP contribution in [0.25, 0.3) is 21.6 Å². The van der Waals surface area contributed by atoms with Gasteiger partial charge in [-0.15, -0.1) is 11.3 Å². The van der Waals surface area contributed by atoms with Crippen molar-refractivity contribution in [1.29, 1.82) is 0 Å². The number of halogens is 2. The van der Waals surface area contributed by atoms with Crippen LogP contribution in [-0.4, -0.2) is 68.0 Å². The topological polar surface area (TPSA) is 87.8 Å². The van der Waals surface area contributed by atoms with Crippen molar-refractivity contribution in [2.24, 2.45) is 0 Å². The van der Waals surface area contributed by atoms with E-state index in [9.17, 15) is 5.11 Å². The van der Waals surface area contributed by atoms with E-state index in [0.29, 0.717) is 39.6 Å². The Balaban J connectivity index is 1.23. The maximum Gasteiger partial charge on any atom is 0.241 e. The first-order valence-corrected chi connectivity index (χ1v) is 13.3. The summed E-state index contributed by atoms with van der Waals surface area (Å²) in [6.07, 6.45) is -1.14. The van der Waals surface area contributed by atoms with Gasteiger partial charge in [-0.2, -0.15) is 4.98 Å². The van der Waals surface area contributed by atoms with Gasteiger partial charge in [0, 0.05) is 42.3 Å². The summed E-state index contributed by atoms with van der Waals surface area (Å²) in [6.45, 7) is 8.65. The summed E-state index contributed by atoms with van der Waals surface area (Å²) in [5.41, 5.74) is 1.59. The summed E-state index contributed by atoms with van der Waals surface area (Å²) in [4.78, 5) is 13.5. The molecule has 2 aromatic heterocycles. The fraction of sp³-hybridized carbons (Fsp3) is 0.400. The molecule has 3 atom stereocenters. The third-order valence-electron chi connectivity index (χ3n) is 6.22. The highest BCUT2D eigenvalue weighted by atomic mass is 35.5. The fourth-order valence-corrected chi connectivity index (χ4v) is 5.84. The van der Waals surface area contributed by atoms with E-state index < -0.39 is 12.3 Å². The molecule has 1 aliphatic heterocycles. The van der Waals surface area contributed by atoms with Crippen molar-refractivity contribution in [3.05, 3.63) is 57.3 Å². The molecule has 0 spiro atoms. The van der Waals surface area contributed by atoms with E-state index in [1.807, 2.05) is 25.1 Å². The summed E-state index contributed by atoms with van der Waals surface area (Å²) in [5, 5.41) is 16.7. The number of aliphatic hydroxyl groups is 1. The molecule has 0 saturated carbocycles. The summed E-state index contributed by atoms with van der Waals surface area (Å²) in [7, 11) is 0. The first-order chi connectivity index (χ1) is 17.3. The van der Waals surface area contributed by atoms with Gasteiger partial charge in [-0.3, -0.25) is 9.80 Å².